The SMILES string of the molecule is Cc1cccc(C)c1NC(=O)CN1C(=O)N[C@@](C)(c2ccccc2F)C1=O. The van der Waals surface area contributed by atoms with Crippen LogP contribution in [0.15, 0.2) is 42.5 Å². The first-order valence-corrected chi connectivity index (χ1v) is 8.49. The summed E-state index contributed by atoms with van der Waals surface area (Å²) in [5, 5.41) is 5.23. The fourth-order valence-corrected chi connectivity index (χ4v) is 3.22. The highest BCUT2D eigenvalue weighted by Crippen LogP contribution is 2.30. The smallest absolute Gasteiger partial charge is 0.324 e. The van der Waals surface area contributed by atoms with Gasteiger partial charge in [0.25, 0.3) is 5.91 Å². The lowest BCUT2D eigenvalue weighted by Crippen LogP contribution is -2.42. The highest BCUT2D eigenvalue weighted by molar-refractivity contribution is 6.10. The first kappa shape index (κ1) is 18.6. The van der Waals surface area contributed by atoms with Crippen molar-refractivity contribution >= 4 is 23.5 Å². The zero-order valence-electron chi connectivity index (χ0n) is 15.3. The molecule has 0 radical (unpaired) electrons. The average Bonchev–Trinajstić information content (AvgIpc) is 2.82. The number of carbonyl (C=O) groups is 3. The van der Waals surface area contributed by atoms with Crippen molar-refractivity contribution in [3.63, 3.8) is 0 Å². The van der Waals surface area contributed by atoms with Crippen molar-refractivity contribution in [2.45, 2.75) is 26.3 Å². The van der Waals surface area contributed by atoms with Gasteiger partial charge < -0.3 is 10.6 Å². The van der Waals surface area contributed by atoms with Crippen molar-refractivity contribution in [3.05, 3.63) is 65.0 Å². The van der Waals surface area contributed by atoms with Gasteiger partial charge in [-0.15, -0.1) is 0 Å². The van der Waals surface area contributed by atoms with Gasteiger partial charge in [-0.25, -0.2) is 9.18 Å². The van der Waals surface area contributed by atoms with E-state index in [1.165, 1.54) is 25.1 Å². The van der Waals surface area contributed by atoms with Gasteiger partial charge in [0.15, 0.2) is 0 Å². The molecule has 2 aromatic rings. The predicted octanol–water partition coefficient (Wildman–Crippen LogP) is 2.85. The summed E-state index contributed by atoms with van der Waals surface area (Å²) in [5.74, 6) is -1.78. The number of aryl methyl sites for hydroxylation is 2. The molecule has 0 bridgehead atoms. The molecule has 1 heterocycles. The minimum atomic E-state index is -1.55. The van der Waals surface area contributed by atoms with Crippen LogP contribution in [0, 0.1) is 19.7 Å². The molecule has 1 aliphatic heterocycles. The molecule has 1 saturated heterocycles. The second-order valence-electron chi connectivity index (χ2n) is 6.74. The number of imide groups is 1. The first-order chi connectivity index (χ1) is 12.7. The van der Waals surface area contributed by atoms with Crippen molar-refractivity contribution in [1.29, 1.82) is 0 Å². The van der Waals surface area contributed by atoms with Gasteiger partial charge in [-0.2, -0.15) is 0 Å². The number of benzene rings is 2. The number of rotatable bonds is 4. The van der Waals surface area contributed by atoms with Gasteiger partial charge in [-0.3, -0.25) is 14.5 Å². The normalized spacial score (nSPS) is 19.2. The summed E-state index contributed by atoms with van der Waals surface area (Å²) in [6.07, 6.45) is 0. The van der Waals surface area contributed by atoms with E-state index in [0.717, 1.165) is 16.0 Å². The molecule has 140 valence electrons. The summed E-state index contributed by atoms with van der Waals surface area (Å²) < 4.78 is 14.2. The molecule has 3 rings (SSSR count). The van der Waals surface area contributed by atoms with E-state index >= 15 is 0 Å². The molecule has 4 amide bonds. The van der Waals surface area contributed by atoms with Crippen molar-refractivity contribution in [2.24, 2.45) is 0 Å². The monoisotopic (exact) mass is 369 g/mol. The number of hydrogen-bond donors (Lipinski definition) is 2. The molecule has 0 spiro atoms. The third-order valence-corrected chi connectivity index (χ3v) is 4.73. The molecule has 7 heteroatoms. The summed E-state index contributed by atoms with van der Waals surface area (Å²) in [6.45, 7) is 4.68. The van der Waals surface area contributed by atoms with Crippen LogP contribution in [0.25, 0.3) is 0 Å². The van der Waals surface area contributed by atoms with Gasteiger partial charge in [0, 0.05) is 11.3 Å². The molecule has 2 N–H and O–H groups in total. The Balaban J connectivity index is 1.80. The number of anilines is 1. The molecular weight excluding hydrogens is 349 g/mol. The Morgan fingerprint density at radius 1 is 1.11 bits per heavy atom. The van der Waals surface area contributed by atoms with Crippen LogP contribution < -0.4 is 10.6 Å². The highest BCUT2D eigenvalue weighted by Gasteiger charge is 2.50. The highest BCUT2D eigenvalue weighted by atomic mass is 19.1. The first-order valence-electron chi connectivity index (χ1n) is 8.49. The minimum absolute atomic E-state index is 0.0565. The lowest BCUT2D eigenvalue weighted by molar-refractivity contribution is -0.133. The fourth-order valence-electron chi connectivity index (χ4n) is 3.22. The van der Waals surface area contributed by atoms with Crippen LogP contribution in [0.4, 0.5) is 14.9 Å². The number of urea groups is 1. The van der Waals surface area contributed by atoms with Crippen LogP contribution in [0.5, 0.6) is 0 Å². The summed E-state index contributed by atoms with van der Waals surface area (Å²) in [5.41, 5.74) is 0.891. The minimum Gasteiger partial charge on any atom is -0.324 e. The van der Waals surface area contributed by atoms with Crippen LogP contribution in [0.3, 0.4) is 0 Å². The Kier molecular flexibility index (Phi) is 4.70. The predicted molar refractivity (Wildman–Crippen MR) is 98.5 cm³/mol. The Morgan fingerprint density at radius 3 is 2.37 bits per heavy atom. The van der Waals surface area contributed by atoms with Gasteiger partial charge >= 0.3 is 6.03 Å². The lowest BCUT2D eigenvalue weighted by atomic mass is 9.91. The number of nitrogens with one attached hydrogen (secondary N) is 2. The fraction of sp³-hybridized carbons (Fsp3) is 0.250. The van der Waals surface area contributed by atoms with Crippen molar-refractivity contribution < 1.29 is 18.8 Å². The van der Waals surface area contributed by atoms with E-state index in [1.54, 1.807) is 6.07 Å². The van der Waals surface area contributed by atoms with Crippen LogP contribution >= 0.6 is 0 Å². The molecule has 0 unspecified atom stereocenters. The molecule has 1 fully saturated rings. The number of nitrogens with zero attached hydrogens (tertiary/aromatic N) is 1. The van der Waals surface area contributed by atoms with Crippen molar-refractivity contribution in [3.8, 4) is 0 Å². The van der Waals surface area contributed by atoms with E-state index in [-0.39, 0.29) is 5.56 Å². The van der Waals surface area contributed by atoms with E-state index < -0.39 is 35.7 Å². The topological polar surface area (TPSA) is 78.5 Å². The van der Waals surface area contributed by atoms with Gasteiger partial charge in [0.05, 0.1) is 0 Å². The number of halogens is 1. The standard InChI is InChI=1S/C20H20FN3O3/c1-12-7-6-8-13(2)17(12)22-16(25)11-24-18(26)20(3,23-19(24)27)14-9-4-5-10-15(14)21/h4-10H,11H2,1-3H3,(H,22,25)(H,23,27)/t20-/m0/s1. The third-order valence-electron chi connectivity index (χ3n) is 4.73. The number of hydrogen-bond acceptors (Lipinski definition) is 3. The van der Waals surface area contributed by atoms with E-state index in [2.05, 4.69) is 10.6 Å². The van der Waals surface area contributed by atoms with Crippen LogP contribution in [0.2, 0.25) is 0 Å². The van der Waals surface area contributed by atoms with Crippen molar-refractivity contribution in [2.75, 3.05) is 11.9 Å². The maximum absolute atomic E-state index is 14.2. The number of carbonyl (C=O) groups excluding carboxylic acids is 3. The second-order valence-corrected chi connectivity index (χ2v) is 6.74. The molecule has 2 aromatic carbocycles. The summed E-state index contributed by atoms with van der Waals surface area (Å²) >= 11 is 0. The largest absolute Gasteiger partial charge is 0.325 e. The Labute approximate surface area is 156 Å². The molecule has 0 saturated carbocycles. The van der Waals surface area contributed by atoms with Crippen LogP contribution in [0.1, 0.15) is 23.6 Å². The van der Waals surface area contributed by atoms with Gasteiger partial charge in [0.2, 0.25) is 5.91 Å². The molecule has 6 nitrogen and oxygen atoms in total. The summed E-state index contributed by atoms with van der Waals surface area (Å²) in [4.78, 5) is 38.3. The Bertz CT molecular complexity index is 924. The Hall–Kier alpha value is -3.22. The van der Waals surface area contributed by atoms with Crippen LogP contribution in [-0.2, 0) is 15.1 Å². The van der Waals surface area contributed by atoms with Crippen LogP contribution in [-0.4, -0.2) is 29.3 Å². The van der Waals surface area contributed by atoms with E-state index in [0.29, 0.717) is 5.69 Å². The average molecular weight is 369 g/mol. The molecule has 0 aromatic heterocycles. The quantitative estimate of drug-likeness (QED) is 0.814. The Morgan fingerprint density at radius 2 is 1.74 bits per heavy atom. The maximum atomic E-state index is 14.2. The zero-order chi connectivity index (χ0) is 19.8. The molecule has 0 aliphatic carbocycles. The molecule has 1 aliphatic rings. The molecular formula is C20H20FN3O3. The third kappa shape index (κ3) is 3.28. The van der Waals surface area contributed by atoms with E-state index in [9.17, 15) is 18.8 Å². The molecule has 27 heavy (non-hydrogen) atoms. The molecule has 1 atom stereocenters. The van der Waals surface area contributed by atoms with Gasteiger partial charge in [-0.1, -0.05) is 36.4 Å². The second kappa shape index (κ2) is 6.83. The number of amides is 4. The summed E-state index contributed by atoms with van der Waals surface area (Å²) in [6, 6.07) is 10.6. The van der Waals surface area contributed by atoms with Gasteiger partial charge in [-0.05, 0) is 38.0 Å². The summed E-state index contributed by atoms with van der Waals surface area (Å²) in [7, 11) is 0. The van der Waals surface area contributed by atoms with Gasteiger partial charge in [0.1, 0.15) is 17.9 Å². The maximum Gasteiger partial charge on any atom is 0.325 e. The lowest BCUT2D eigenvalue weighted by Gasteiger charge is -2.22. The van der Waals surface area contributed by atoms with E-state index in [1.807, 2.05) is 32.0 Å². The van der Waals surface area contributed by atoms with E-state index in [4.69, 9.17) is 0 Å². The number of para-hydroxylation sites is 1. The zero-order valence-corrected chi connectivity index (χ0v) is 15.3. The van der Waals surface area contributed by atoms with Crippen molar-refractivity contribution in [1.82, 2.24) is 10.2 Å².